The minimum Gasteiger partial charge on any atom is -0.256 e. The number of hydrogen-bond acceptors (Lipinski definition) is 4. The van der Waals surface area contributed by atoms with Crippen molar-refractivity contribution >= 4 is 56.2 Å². The number of hydrogen-bond donors (Lipinski definition) is 1. The quantitative estimate of drug-likeness (QED) is 0.361. The highest BCUT2D eigenvalue weighted by Crippen LogP contribution is 2.40. The molecule has 0 saturated heterocycles. The zero-order chi connectivity index (χ0) is 24.5. The molecule has 1 unspecified atom stereocenters. The summed E-state index contributed by atoms with van der Waals surface area (Å²) in [5, 5.41) is 13.9. The van der Waals surface area contributed by atoms with Crippen LogP contribution < -0.4 is 10.1 Å². The van der Waals surface area contributed by atoms with Crippen molar-refractivity contribution in [1.82, 2.24) is 0 Å². The predicted octanol–water partition coefficient (Wildman–Crippen LogP) is 6.80. The summed E-state index contributed by atoms with van der Waals surface area (Å²) >= 11 is 18.7. The normalized spacial score (nSPS) is 16.1. The molecule has 1 aliphatic heterocycles. The first kappa shape index (κ1) is 25.0. The molecule has 0 aliphatic carbocycles. The standard InChI is InChI=1S/C25H24Cl3N3O2S/c1-2-3-16-4-11-25(34(29,32)33)18(12-16)13-21-15-24(17-5-7-19(26)8-6-17)31(30-21)23-10-9-20(27)14-22(23)28/h4-12,14,24H,2-3,13,15H2,1H3,(H2,29,32,33). The summed E-state index contributed by atoms with van der Waals surface area (Å²) in [5.74, 6) is 0. The van der Waals surface area contributed by atoms with Crippen LogP contribution in [0, 0.1) is 0 Å². The van der Waals surface area contributed by atoms with Crippen molar-refractivity contribution in [3.8, 4) is 0 Å². The van der Waals surface area contributed by atoms with E-state index in [4.69, 9.17) is 45.0 Å². The number of aryl methyl sites for hydroxylation is 1. The van der Waals surface area contributed by atoms with E-state index in [9.17, 15) is 8.42 Å². The Morgan fingerprint density at radius 3 is 2.35 bits per heavy atom. The van der Waals surface area contributed by atoms with E-state index in [0.717, 1.165) is 29.7 Å². The molecular weight excluding hydrogens is 513 g/mol. The van der Waals surface area contributed by atoms with Gasteiger partial charge in [0.2, 0.25) is 10.0 Å². The lowest BCUT2D eigenvalue weighted by Gasteiger charge is -2.25. The Labute approximate surface area is 215 Å². The minimum absolute atomic E-state index is 0.126. The highest BCUT2D eigenvalue weighted by Gasteiger charge is 2.31. The fourth-order valence-electron chi connectivity index (χ4n) is 4.23. The number of nitrogens with zero attached hydrogens (tertiary/aromatic N) is 2. The van der Waals surface area contributed by atoms with Gasteiger partial charge in [-0.1, -0.05) is 72.4 Å². The van der Waals surface area contributed by atoms with Gasteiger partial charge in [-0.25, -0.2) is 13.6 Å². The Hall–Kier alpha value is -2.09. The van der Waals surface area contributed by atoms with E-state index in [1.54, 1.807) is 18.2 Å². The Kier molecular flexibility index (Phi) is 7.55. The maximum atomic E-state index is 12.3. The molecular formula is C25H24Cl3N3O2S. The van der Waals surface area contributed by atoms with Gasteiger partial charge in [-0.2, -0.15) is 5.10 Å². The molecule has 4 rings (SSSR count). The molecule has 1 heterocycles. The van der Waals surface area contributed by atoms with E-state index in [2.05, 4.69) is 6.92 Å². The van der Waals surface area contributed by atoms with Crippen LogP contribution in [0.2, 0.25) is 15.1 Å². The van der Waals surface area contributed by atoms with Gasteiger partial charge < -0.3 is 0 Å². The average Bonchev–Trinajstić information content (AvgIpc) is 3.17. The number of benzene rings is 3. The predicted molar refractivity (Wildman–Crippen MR) is 141 cm³/mol. The first-order valence-electron chi connectivity index (χ1n) is 10.9. The van der Waals surface area contributed by atoms with Crippen LogP contribution in [0.25, 0.3) is 0 Å². The van der Waals surface area contributed by atoms with E-state index in [0.29, 0.717) is 39.2 Å². The number of rotatable bonds is 7. The summed E-state index contributed by atoms with van der Waals surface area (Å²) in [7, 11) is -3.87. The van der Waals surface area contributed by atoms with Crippen LogP contribution in [0.1, 0.15) is 42.5 Å². The molecule has 0 spiro atoms. The second-order valence-electron chi connectivity index (χ2n) is 8.29. The summed E-state index contributed by atoms with van der Waals surface area (Å²) in [6.07, 6.45) is 2.75. The summed E-state index contributed by atoms with van der Waals surface area (Å²) in [6, 6.07) is 18.1. The van der Waals surface area contributed by atoms with Gasteiger partial charge in [0.05, 0.1) is 21.6 Å². The highest BCUT2D eigenvalue weighted by atomic mass is 35.5. The summed E-state index contributed by atoms with van der Waals surface area (Å²) in [6.45, 7) is 2.08. The lowest BCUT2D eigenvalue weighted by Crippen LogP contribution is -2.18. The van der Waals surface area contributed by atoms with E-state index >= 15 is 0 Å². The number of hydrazone groups is 1. The van der Waals surface area contributed by atoms with E-state index in [1.165, 1.54) is 0 Å². The molecule has 34 heavy (non-hydrogen) atoms. The third-order valence-electron chi connectivity index (χ3n) is 5.75. The number of halogens is 3. The monoisotopic (exact) mass is 535 g/mol. The molecule has 1 atom stereocenters. The number of nitrogens with two attached hydrogens (primary N) is 1. The summed E-state index contributed by atoms with van der Waals surface area (Å²) in [4.78, 5) is 0.126. The first-order chi connectivity index (χ1) is 16.2. The fraction of sp³-hybridized carbons (Fsp3) is 0.240. The van der Waals surface area contributed by atoms with Crippen LogP contribution in [-0.4, -0.2) is 14.1 Å². The molecule has 0 saturated carbocycles. The fourth-order valence-corrected chi connectivity index (χ4v) is 5.60. The van der Waals surface area contributed by atoms with Crippen molar-refractivity contribution in [2.24, 2.45) is 10.2 Å². The smallest absolute Gasteiger partial charge is 0.238 e. The molecule has 3 aromatic carbocycles. The van der Waals surface area contributed by atoms with Crippen LogP contribution in [0.5, 0.6) is 0 Å². The van der Waals surface area contributed by atoms with Gasteiger partial charge in [0, 0.05) is 28.6 Å². The van der Waals surface area contributed by atoms with Gasteiger partial charge in [0.25, 0.3) is 0 Å². The zero-order valence-corrected chi connectivity index (χ0v) is 21.6. The van der Waals surface area contributed by atoms with Crippen molar-refractivity contribution in [2.45, 2.75) is 43.5 Å². The molecule has 178 valence electrons. The maximum Gasteiger partial charge on any atom is 0.238 e. The first-order valence-corrected chi connectivity index (χ1v) is 13.5. The number of primary sulfonamides is 1. The van der Waals surface area contributed by atoms with Crippen molar-refractivity contribution < 1.29 is 8.42 Å². The van der Waals surface area contributed by atoms with Crippen LogP contribution >= 0.6 is 34.8 Å². The van der Waals surface area contributed by atoms with Crippen LogP contribution in [-0.2, 0) is 22.9 Å². The van der Waals surface area contributed by atoms with Crippen molar-refractivity contribution in [1.29, 1.82) is 0 Å². The van der Waals surface area contributed by atoms with Crippen LogP contribution in [0.15, 0.2) is 70.7 Å². The van der Waals surface area contributed by atoms with Gasteiger partial charge in [0.15, 0.2) is 0 Å². The van der Waals surface area contributed by atoms with Crippen molar-refractivity contribution in [2.75, 3.05) is 5.01 Å². The SMILES string of the molecule is CCCc1ccc(S(N)(=O)=O)c(CC2=NN(c3ccc(Cl)cc3Cl)C(c3ccc(Cl)cc3)C2)c1. The lowest BCUT2D eigenvalue weighted by atomic mass is 9.97. The van der Waals surface area contributed by atoms with Gasteiger partial charge >= 0.3 is 0 Å². The van der Waals surface area contributed by atoms with E-state index < -0.39 is 10.0 Å². The molecule has 0 amide bonds. The Balaban J connectivity index is 1.75. The third-order valence-corrected chi connectivity index (χ3v) is 7.55. The second-order valence-corrected chi connectivity index (χ2v) is 11.1. The Morgan fingerprint density at radius 2 is 1.71 bits per heavy atom. The second kappa shape index (κ2) is 10.3. The molecule has 0 aromatic heterocycles. The summed E-state index contributed by atoms with van der Waals surface area (Å²) in [5.41, 5.74) is 4.26. The minimum atomic E-state index is -3.87. The van der Waals surface area contributed by atoms with E-state index in [-0.39, 0.29) is 10.9 Å². The van der Waals surface area contributed by atoms with Gasteiger partial charge in [0.1, 0.15) is 0 Å². The molecule has 1 aliphatic rings. The van der Waals surface area contributed by atoms with Gasteiger partial charge in [-0.15, -0.1) is 0 Å². The maximum absolute atomic E-state index is 12.3. The Morgan fingerprint density at radius 1 is 1.00 bits per heavy atom. The summed E-state index contributed by atoms with van der Waals surface area (Å²) < 4.78 is 24.5. The van der Waals surface area contributed by atoms with Crippen LogP contribution in [0.4, 0.5) is 5.69 Å². The third kappa shape index (κ3) is 5.58. The molecule has 0 fully saturated rings. The molecule has 9 heteroatoms. The average molecular weight is 537 g/mol. The van der Waals surface area contributed by atoms with Crippen LogP contribution in [0.3, 0.4) is 0 Å². The largest absolute Gasteiger partial charge is 0.256 e. The van der Waals surface area contributed by atoms with Gasteiger partial charge in [-0.3, -0.25) is 5.01 Å². The lowest BCUT2D eigenvalue weighted by molar-refractivity contribution is 0.597. The van der Waals surface area contributed by atoms with Crippen molar-refractivity contribution in [3.63, 3.8) is 0 Å². The molecule has 0 radical (unpaired) electrons. The van der Waals surface area contributed by atoms with Crippen molar-refractivity contribution in [3.05, 3.63) is 92.4 Å². The number of anilines is 1. The molecule has 2 N–H and O–H groups in total. The van der Waals surface area contributed by atoms with E-state index in [1.807, 2.05) is 47.5 Å². The Bertz CT molecular complexity index is 1340. The molecule has 3 aromatic rings. The topological polar surface area (TPSA) is 75.8 Å². The molecule has 0 bridgehead atoms. The van der Waals surface area contributed by atoms with Gasteiger partial charge in [-0.05, 0) is 59.5 Å². The molecule has 5 nitrogen and oxygen atoms in total. The number of sulfonamides is 1. The highest BCUT2D eigenvalue weighted by molar-refractivity contribution is 7.89. The zero-order valence-electron chi connectivity index (χ0n) is 18.5.